The molecule has 0 aliphatic rings. The van der Waals surface area contributed by atoms with E-state index in [1.807, 2.05) is 35.9 Å². The predicted molar refractivity (Wildman–Crippen MR) is 135 cm³/mol. The van der Waals surface area contributed by atoms with Gasteiger partial charge >= 0.3 is 0 Å². The van der Waals surface area contributed by atoms with Crippen molar-refractivity contribution in [1.82, 2.24) is 19.9 Å². The van der Waals surface area contributed by atoms with Gasteiger partial charge in [0.05, 0.1) is 18.1 Å². The van der Waals surface area contributed by atoms with Crippen LogP contribution in [0.25, 0.3) is 22.2 Å². The molecule has 0 aliphatic heterocycles. The number of ketones is 1. The van der Waals surface area contributed by atoms with Crippen molar-refractivity contribution in [1.29, 1.82) is 0 Å². The van der Waals surface area contributed by atoms with Gasteiger partial charge in [0, 0.05) is 47.1 Å². The molecule has 0 saturated heterocycles. The lowest BCUT2D eigenvalue weighted by molar-refractivity contribution is -0.130. The third-order valence-corrected chi connectivity index (χ3v) is 6.16. The summed E-state index contributed by atoms with van der Waals surface area (Å²) in [6.45, 7) is 2.04. The van der Waals surface area contributed by atoms with Crippen molar-refractivity contribution in [2.24, 2.45) is 7.05 Å². The van der Waals surface area contributed by atoms with Gasteiger partial charge in [0.1, 0.15) is 5.69 Å². The molecule has 0 spiro atoms. The van der Waals surface area contributed by atoms with Crippen LogP contribution < -0.4 is 5.32 Å². The van der Waals surface area contributed by atoms with Gasteiger partial charge in [0.2, 0.25) is 0 Å². The first kappa shape index (κ1) is 26.3. The Hall–Kier alpha value is -3.72. The van der Waals surface area contributed by atoms with E-state index < -0.39 is 29.5 Å². The molecule has 3 aromatic heterocycles. The lowest BCUT2D eigenvalue weighted by Crippen LogP contribution is -2.38. The molecule has 3 heterocycles. The zero-order chi connectivity index (χ0) is 26.9. The molecule has 0 atom stereocenters. The zero-order valence-electron chi connectivity index (χ0n) is 20.4. The molecule has 0 aliphatic carbocycles. The van der Waals surface area contributed by atoms with Crippen molar-refractivity contribution in [3.63, 3.8) is 0 Å². The highest BCUT2D eigenvalue weighted by Gasteiger charge is 2.26. The third kappa shape index (κ3) is 5.83. The van der Waals surface area contributed by atoms with Gasteiger partial charge in [-0.1, -0.05) is 23.7 Å². The Kier molecular flexibility index (Phi) is 7.36. The molecule has 0 bridgehead atoms. The minimum atomic E-state index is -2.97. The number of benzene rings is 1. The second-order valence-corrected chi connectivity index (χ2v) is 9.60. The Morgan fingerprint density at radius 3 is 2.54 bits per heavy atom. The number of hydrogen-bond donors (Lipinski definition) is 1. The number of amides is 1. The summed E-state index contributed by atoms with van der Waals surface area (Å²) < 4.78 is 42.9. The Bertz CT molecular complexity index is 1500. The summed E-state index contributed by atoms with van der Waals surface area (Å²) in [5.74, 6) is -1.46. The summed E-state index contributed by atoms with van der Waals surface area (Å²) in [4.78, 5) is 33.0. The molecule has 1 aromatic carbocycles. The van der Waals surface area contributed by atoms with Crippen LogP contribution >= 0.6 is 11.6 Å². The van der Waals surface area contributed by atoms with Crippen LogP contribution in [0, 0.1) is 0 Å². The maximum atomic E-state index is 13.8. The minimum Gasteiger partial charge on any atom is -0.349 e. The lowest BCUT2D eigenvalue weighted by atomic mass is 10.0. The summed E-state index contributed by atoms with van der Waals surface area (Å²) in [5.41, 5.74) is 0.306. The van der Waals surface area contributed by atoms with Gasteiger partial charge in [-0.25, -0.2) is 13.2 Å². The molecule has 4 aromatic rings. The highest BCUT2D eigenvalue weighted by Crippen LogP contribution is 2.29. The largest absolute Gasteiger partial charge is 0.349 e. The zero-order valence-corrected chi connectivity index (χ0v) is 21.1. The number of aromatic nitrogens is 3. The molecule has 0 unspecified atom stereocenters. The quantitative estimate of drug-likeness (QED) is 0.284. The molecule has 1 amide bonds. The number of aryl methyl sites for hydroxylation is 1. The number of hydrogen-bond acceptors (Lipinski definition) is 4. The average Bonchev–Trinajstić information content (AvgIpc) is 3.17. The second kappa shape index (κ2) is 10.3. The number of carbonyl (C=O) groups is 2. The number of rotatable bonds is 8. The van der Waals surface area contributed by atoms with Crippen LogP contribution in [0.3, 0.4) is 0 Å². The van der Waals surface area contributed by atoms with Gasteiger partial charge in [0.15, 0.2) is 11.5 Å². The Balaban J connectivity index is 1.60. The molecule has 0 saturated carbocycles. The van der Waals surface area contributed by atoms with Crippen molar-refractivity contribution < 1.29 is 22.8 Å². The van der Waals surface area contributed by atoms with Crippen LogP contribution in [0.4, 0.5) is 13.2 Å². The summed E-state index contributed by atoms with van der Waals surface area (Å²) in [5, 5.41) is 3.80. The van der Waals surface area contributed by atoms with E-state index in [0.717, 1.165) is 42.2 Å². The lowest BCUT2D eigenvalue weighted by Gasteiger charge is -2.15. The molecule has 6 nitrogen and oxygen atoms in total. The molecule has 192 valence electrons. The molecular weight excluding hydrogens is 505 g/mol. The molecule has 10 heteroatoms. The maximum Gasteiger partial charge on any atom is 0.281 e. The topological polar surface area (TPSA) is 76.9 Å². The molecule has 0 radical (unpaired) electrons. The van der Waals surface area contributed by atoms with E-state index in [4.69, 9.17) is 11.6 Å². The van der Waals surface area contributed by atoms with Crippen LogP contribution in [0.15, 0.2) is 54.9 Å². The van der Waals surface area contributed by atoms with Crippen LogP contribution in [0.5, 0.6) is 0 Å². The highest BCUT2D eigenvalue weighted by molar-refractivity contribution is 6.30. The van der Waals surface area contributed by atoms with Crippen molar-refractivity contribution in [2.45, 2.75) is 38.9 Å². The molecule has 1 N–H and O–H groups in total. The van der Waals surface area contributed by atoms with E-state index in [1.54, 1.807) is 18.3 Å². The van der Waals surface area contributed by atoms with Crippen molar-refractivity contribution in [2.75, 3.05) is 0 Å². The fourth-order valence-electron chi connectivity index (χ4n) is 3.97. The maximum absolute atomic E-state index is 13.8. The first-order valence-corrected chi connectivity index (χ1v) is 11.8. The van der Waals surface area contributed by atoms with Crippen molar-refractivity contribution in [3.8, 4) is 11.3 Å². The number of nitrogens with one attached hydrogen (secondary N) is 1. The monoisotopic (exact) mass is 528 g/mol. The highest BCUT2D eigenvalue weighted by atomic mass is 35.5. The van der Waals surface area contributed by atoms with Gasteiger partial charge in [-0.15, -0.1) is 0 Å². The van der Waals surface area contributed by atoms with Gasteiger partial charge in [-0.3, -0.25) is 19.6 Å². The number of fused-ring (bicyclic) bond motifs is 1. The Labute approximate surface area is 216 Å². The van der Waals surface area contributed by atoms with Gasteiger partial charge in [0.25, 0.3) is 12.3 Å². The van der Waals surface area contributed by atoms with E-state index >= 15 is 0 Å². The standard InChI is InChI=1S/C27H24ClF3N4O2/c1-27(2,31)26(37)34-13-15-7-20(24(25(29)30)33-12-15)23(36)11-19-9-17-10-21(35(3)22(17)14-32-19)16-5-4-6-18(28)8-16/h4-10,12,14,25H,11,13H2,1-3H3,(H,34,37). The fraction of sp³-hybridized carbons (Fsp3) is 0.259. The van der Waals surface area contributed by atoms with Crippen LogP contribution in [-0.2, 0) is 24.8 Å². The summed E-state index contributed by atoms with van der Waals surface area (Å²) >= 11 is 6.13. The average molecular weight is 529 g/mol. The predicted octanol–water partition coefficient (Wildman–Crippen LogP) is 6.02. The molecule has 4 rings (SSSR count). The van der Waals surface area contributed by atoms with E-state index in [1.165, 1.54) is 6.07 Å². The third-order valence-electron chi connectivity index (χ3n) is 5.92. The van der Waals surface area contributed by atoms with Gasteiger partial charge < -0.3 is 9.88 Å². The number of halogens is 4. The van der Waals surface area contributed by atoms with E-state index in [-0.39, 0.29) is 18.5 Å². The van der Waals surface area contributed by atoms with Gasteiger partial charge in [-0.2, -0.15) is 0 Å². The van der Waals surface area contributed by atoms with Crippen LogP contribution in [-0.4, -0.2) is 31.9 Å². The summed E-state index contributed by atoms with van der Waals surface area (Å²) in [7, 11) is 1.89. The smallest absolute Gasteiger partial charge is 0.281 e. The van der Waals surface area contributed by atoms with Gasteiger partial charge in [-0.05, 0) is 55.3 Å². The van der Waals surface area contributed by atoms with E-state index in [0.29, 0.717) is 16.3 Å². The molecular formula is C27H24ClF3N4O2. The molecule has 0 fully saturated rings. The minimum absolute atomic E-state index is 0.163. The first-order chi connectivity index (χ1) is 17.4. The second-order valence-electron chi connectivity index (χ2n) is 9.17. The Morgan fingerprint density at radius 2 is 1.86 bits per heavy atom. The molecule has 37 heavy (non-hydrogen) atoms. The fourth-order valence-corrected chi connectivity index (χ4v) is 4.16. The number of nitrogens with zero attached hydrogens (tertiary/aromatic N) is 3. The number of Topliss-reactive ketones (excluding diaryl/α,β-unsaturated/α-hetero) is 1. The SMILES string of the molecule is Cn1c(-c2cccc(Cl)c2)cc2cc(CC(=O)c3cc(CNC(=O)C(C)(C)F)cnc3C(F)F)ncc21. The summed E-state index contributed by atoms with van der Waals surface area (Å²) in [6, 6.07) is 12.3. The van der Waals surface area contributed by atoms with Crippen molar-refractivity contribution in [3.05, 3.63) is 82.4 Å². The normalized spacial score (nSPS) is 11.8. The van der Waals surface area contributed by atoms with Crippen molar-refractivity contribution >= 4 is 34.2 Å². The Morgan fingerprint density at radius 1 is 1.11 bits per heavy atom. The summed E-state index contributed by atoms with van der Waals surface area (Å²) in [6.07, 6.45) is -0.443. The number of carbonyl (C=O) groups excluding carboxylic acids is 2. The van der Waals surface area contributed by atoms with E-state index in [2.05, 4.69) is 15.3 Å². The first-order valence-electron chi connectivity index (χ1n) is 11.4. The number of alkyl halides is 3. The van der Waals surface area contributed by atoms with Crippen LogP contribution in [0.1, 0.15) is 47.6 Å². The van der Waals surface area contributed by atoms with Crippen LogP contribution in [0.2, 0.25) is 5.02 Å². The van der Waals surface area contributed by atoms with E-state index in [9.17, 15) is 22.8 Å². The number of pyridine rings is 2.